The molecule has 0 aliphatic carbocycles. The monoisotopic (exact) mass is 511 g/mol. The molecule has 0 N–H and O–H groups in total. The van der Waals surface area contributed by atoms with Gasteiger partial charge in [0.15, 0.2) is 0 Å². The number of piperidine rings is 1. The lowest BCUT2D eigenvalue weighted by Gasteiger charge is -2.38. The molecule has 35 heavy (non-hydrogen) atoms. The largest absolute Gasteiger partial charge is 0.338 e. The molecule has 1 spiro atoms. The minimum atomic E-state index is -0.137. The summed E-state index contributed by atoms with van der Waals surface area (Å²) in [5.41, 5.74) is 3.80. The number of hydrogen-bond acceptors (Lipinski definition) is 3. The van der Waals surface area contributed by atoms with Gasteiger partial charge in [0.1, 0.15) is 0 Å². The maximum atomic E-state index is 13.3. The van der Waals surface area contributed by atoms with Crippen molar-refractivity contribution in [2.75, 3.05) is 26.2 Å². The van der Waals surface area contributed by atoms with Gasteiger partial charge in [-0.1, -0.05) is 60.7 Å². The molecule has 2 aliphatic rings. The predicted octanol–water partition coefficient (Wildman–Crippen LogP) is 5.96. The van der Waals surface area contributed by atoms with E-state index in [0.29, 0.717) is 18.4 Å². The summed E-state index contributed by atoms with van der Waals surface area (Å²) < 4.78 is 0. The van der Waals surface area contributed by atoms with Gasteiger partial charge < -0.3 is 9.80 Å². The van der Waals surface area contributed by atoms with E-state index in [-0.39, 0.29) is 30.2 Å². The molecular formula is C29H35Cl2N3O. The standard InChI is InChI=1S/C29H33N3O.2ClH/c33-28-29(16-22-32(28)23-24-11-17-30-18-12-24)14-20-31(21-15-29)19-13-27(25-7-3-1-4-8-25)26-9-5-2-6-10-26;;/h1-12,17-18,27H,13-16,19-23H2;2*1H. The molecule has 1 amide bonds. The Hall–Kier alpha value is -2.40. The van der Waals surface area contributed by atoms with Crippen molar-refractivity contribution in [3.8, 4) is 0 Å². The maximum Gasteiger partial charge on any atom is 0.229 e. The summed E-state index contributed by atoms with van der Waals surface area (Å²) in [4.78, 5) is 22.0. The van der Waals surface area contributed by atoms with E-state index in [1.165, 1.54) is 16.7 Å². The lowest BCUT2D eigenvalue weighted by molar-refractivity contribution is -0.138. The van der Waals surface area contributed by atoms with Crippen LogP contribution in [-0.4, -0.2) is 46.9 Å². The van der Waals surface area contributed by atoms with Crippen LogP contribution in [0, 0.1) is 5.41 Å². The highest BCUT2D eigenvalue weighted by Crippen LogP contribution is 2.42. The molecule has 2 aliphatic heterocycles. The number of rotatable bonds is 7. The molecule has 2 aromatic carbocycles. The first kappa shape index (κ1) is 27.2. The SMILES string of the molecule is Cl.Cl.O=C1N(Cc2ccncc2)CCC12CCN(CCC(c1ccccc1)c1ccccc1)CC2. The quantitative estimate of drug-likeness (QED) is 0.392. The topological polar surface area (TPSA) is 36.4 Å². The van der Waals surface area contributed by atoms with Crippen LogP contribution in [0.1, 0.15) is 48.3 Å². The van der Waals surface area contributed by atoms with Crippen molar-refractivity contribution < 1.29 is 4.79 Å². The average molecular weight is 513 g/mol. The number of likely N-dealkylation sites (tertiary alicyclic amines) is 2. The van der Waals surface area contributed by atoms with Crippen LogP contribution in [0.3, 0.4) is 0 Å². The summed E-state index contributed by atoms with van der Waals surface area (Å²) in [5, 5.41) is 0. The molecule has 2 fully saturated rings. The zero-order chi connectivity index (χ0) is 22.5. The molecule has 186 valence electrons. The molecule has 0 atom stereocenters. The summed E-state index contributed by atoms with van der Waals surface area (Å²) in [5.74, 6) is 0.776. The van der Waals surface area contributed by atoms with Crippen LogP contribution in [0.2, 0.25) is 0 Å². The van der Waals surface area contributed by atoms with Gasteiger partial charge in [-0.2, -0.15) is 0 Å². The summed E-state index contributed by atoms with van der Waals surface area (Å²) in [6.07, 6.45) is 7.69. The van der Waals surface area contributed by atoms with Gasteiger partial charge in [-0.05, 0) is 74.1 Å². The second-order valence-corrected chi connectivity index (χ2v) is 9.62. The number of nitrogens with zero attached hydrogens (tertiary/aromatic N) is 3. The van der Waals surface area contributed by atoms with Crippen LogP contribution in [0.15, 0.2) is 85.2 Å². The fraction of sp³-hybridized carbons (Fsp3) is 0.379. The Kier molecular flexibility index (Phi) is 9.73. The molecule has 0 unspecified atom stereocenters. The number of carbonyl (C=O) groups excluding carboxylic acids is 1. The number of aromatic nitrogens is 1. The van der Waals surface area contributed by atoms with E-state index in [1.54, 1.807) is 0 Å². The number of pyridine rings is 1. The van der Waals surface area contributed by atoms with E-state index >= 15 is 0 Å². The average Bonchev–Trinajstić information content (AvgIpc) is 3.17. The van der Waals surface area contributed by atoms with Gasteiger partial charge in [0, 0.05) is 31.4 Å². The summed E-state index contributed by atoms with van der Waals surface area (Å²) in [7, 11) is 0. The van der Waals surface area contributed by atoms with Gasteiger partial charge in [-0.15, -0.1) is 24.8 Å². The Morgan fingerprint density at radius 3 is 1.89 bits per heavy atom. The van der Waals surface area contributed by atoms with Crippen molar-refractivity contribution in [1.29, 1.82) is 0 Å². The minimum Gasteiger partial charge on any atom is -0.338 e. The van der Waals surface area contributed by atoms with Gasteiger partial charge in [0.25, 0.3) is 0 Å². The molecule has 0 radical (unpaired) electrons. The van der Waals surface area contributed by atoms with Crippen LogP contribution in [0.25, 0.3) is 0 Å². The van der Waals surface area contributed by atoms with Crippen LogP contribution in [-0.2, 0) is 11.3 Å². The normalized spacial score (nSPS) is 17.3. The first-order valence-electron chi connectivity index (χ1n) is 12.2. The van der Waals surface area contributed by atoms with Gasteiger partial charge in [-0.3, -0.25) is 9.78 Å². The number of benzene rings is 2. The molecule has 3 heterocycles. The van der Waals surface area contributed by atoms with E-state index < -0.39 is 0 Å². The van der Waals surface area contributed by atoms with Crippen LogP contribution in [0.5, 0.6) is 0 Å². The number of amides is 1. The van der Waals surface area contributed by atoms with Gasteiger partial charge in [-0.25, -0.2) is 0 Å². The highest BCUT2D eigenvalue weighted by Gasteiger charge is 2.47. The lowest BCUT2D eigenvalue weighted by atomic mass is 9.77. The van der Waals surface area contributed by atoms with Crippen molar-refractivity contribution >= 4 is 30.7 Å². The van der Waals surface area contributed by atoms with Crippen LogP contribution in [0.4, 0.5) is 0 Å². The molecular weight excluding hydrogens is 477 g/mol. The Labute approximate surface area is 221 Å². The first-order valence-corrected chi connectivity index (χ1v) is 12.2. The third-order valence-corrected chi connectivity index (χ3v) is 7.68. The highest BCUT2D eigenvalue weighted by atomic mass is 35.5. The third kappa shape index (κ3) is 6.24. The molecule has 6 heteroatoms. The molecule has 2 saturated heterocycles. The summed E-state index contributed by atoms with van der Waals surface area (Å²) in [6.45, 7) is 4.70. The number of halogens is 2. The molecule has 0 saturated carbocycles. The maximum absolute atomic E-state index is 13.3. The van der Waals surface area contributed by atoms with Gasteiger partial charge >= 0.3 is 0 Å². The van der Waals surface area contributed by atoms with Crippen molar-refractivity contribution in [3.05, 3.63) is 102 Å². The van der Waals surface area contributed by atoms with Crippen molar-refractivity contribution in [1.82, 2.24) is 14.8 Å². The Balaban J connectivity index is 0.00000171. The highest BCUT2D eigenvalue weighted by molar-refractivity contribution is 5.86. The van der Waals surface area contributed by atoms with Crippen molar-refractivity contribution in [3.63, 3.8) is 0 Å². The fourth-order valence-corrected chi connectivity index (χ4v) is 5.63. The van der Waals surface area contributed by atoms with E-state index in [9.17, 15) is 4.79 Å². The minimum absolute atomic E-state index is 0. The third-order valence-electron chi connectivity index (χ3n) is 7.68. The van der Waals surface area contributed by atoms with E-state index in [0.717, 1.165) is 51.9 Å². The summed E-state index contributed by atoms with van der Waals surface area (Å²) >= 11 is 0. The predicted molar refractivity (Wildman–Crippen MR) is 146 cm³/mol. The van der Waals surface area contributed by atoms with Crippen molar-refractivity contribution in [2.24, 2.45) is 5.41 Å². The molecule has 3 aromatic rings. The van der Waals surface area contributed by atoms with E-state index in [2.05, 4.69) is 75.4 Å². The molecule has 1 aromatic heterocycles. The number of hydrogen-bond donors (Lipinski definition) is 0. The Bertz CT molecular complexity index is 1000. The second kappa shape index (κ2) is 12.5. The molecule has 0 bridgehead atoms. The fourth-order valence-electron chi connectivity index (χ4n) is 5.63. The summed E-state index contributed by atoms with van der Waals surface area (Å²) in [6, 6.07) is 25.7. The van der Waals surface area contributed by atoms with Gasteiger partial charge in [0.2, 0.25) is 5.91 Å². The van der Waals surface area contributed by atoms with Gasteiger partial charge in [0.05, 0.1) is 5.41 Å². The van der Waals surface area contributed by atoms with Crippen molar-refractivity contribution in [2.45, 2.75) is 38.1 Å². The second-order valence-electron chi connectivity index (χ2n) is 9.62. The molecule has 5 rings (SSSR count). The Morgan fingerprint density at radius 1 is 0.771 bits per heavy atom. The Morgan fingerprint density at radius 2 is 1.31 bits per heavy atom. The smallest absolute Gasteiger partial charge is 0.229 e. The zero-order valence-electron chi connectivity index (χ0n) is 20.1. The van der Waals surface area contributed by atoms with E-state index in [1.807, 2.05) is 24.5 Å². The van der Waals surface area contributed by atoms with Crippen LogP contribution >= 0.6 is 24.8 Å². The lowest BCUT2D eigenvalue weighted by Crippen LogP contribution is -2.45. The zero-order valence-corrected chi connectivity index (χ0v) is 21.7. The van der Waals surface area contributed by atoms with Crippen LogP contribution < -0.4 is 0 Å². The number of carbonyl (C=O) groups is 1. The first-order chi connectivity index (χ1) is 16.2. The van der Waals surface area contributed by atoms with E-state index in [4.69, 9.17) is 0 Å². The molecule has 4 nitrogen and oxygen atoms in total.